The van der Waals surface area contributed by atoms with Crippen LogP contribution in [0.1, 0.15) is 290 Å². The predicted molar refractivity (Wildman–Crippen MR) is 316 cm³/mol. The number of unbranched alkanes of at least 4 members (excludes halogenated alkanes) is 28. The van der Waals surface area contributed by atoms with E-state index in [4.69, 9.17) is 14.2 Å². The van der Waals surface area contributed by atoms with E-state index >= 15 is 0 Å². The van der Waals surface area contributed by atoms with E-state index in [2.05, 4.69) is 118 Å². The number of hydrogen-bond donors (Lipinski definition) is 0. The first-order chi connectivity index (χ1) is 36.0. The van der Waals surface area contributed by atoms with Crippen molar-refractivity contribution < 1.29 is 28.6 Å². The average Bonchev–Trinajstić information content (AvgIpc) is 3.39. The Balaban J connectivity index is 4.00. The highest BCUT2D eigenvalue weighted by molar-refractivity contribution is 5.71. The number of carbonyl (C=O) groups is 3. The smallest absolute Gasteiger partial charge is 0.306 e. The summed E-state index contributed by atoms with van der Waals surface area (Å²) in [6, 6.07) is 0. The summed E-state index contributed by atoms with van der Waals surface area (Å²) in [6.45, 7) is 6.39. The summed E-state index contributed by atoms with van der Waals surface area (Å²) in [4.78, 5) is 38.0. The average molecular weight is 1020 g/mol. The number of carbonyl (C=O) groups excluding carboxylic acids is 3. The fraction of sp³-hybridized carbons (Fsp3) is 0.716. The molecule has 0 aromatic carbocycles. The summed E-state index contributed by atoms with van der Waals surface area (Å²) < 4.78 is 16.8. The standard InChI is InChI=1S/C67H114O6/c1-4-7-10-13-16-19-22-23-24-25-26-27-28-29-30-31-32-33-34-35-36-37-38-39-40-41-42-43-44-45-46-49-51-54-57-60-66(69)72-63-64(73-67(70)61-58-55-52-48-21-18-15-12-9-6-3)62-71-65(68)59-56-53-50-47-20-17-14-11-8-5-2/h7,10-12,14-16,19,23-24,26-27,29-30,32-33,64H,4-6,8-9,13,17-18,20-22,25,28,31,34-63H2,1-3H3/b10-7-,14-11-,15-12-,19-16-,24-23-,27-26-,30-29-,33-32-. The van der Waals surface area contributed by atoms with Crippen molar-refractivity contribution in [3.05, 3.63) is 97.2 Å². The van der Waals surface area contributed by atoms with Crippen LogP contribution in [0, 0.1) is 0 Å². The molecule has 418 valence electrons. The summed E-state index contributed by atoms with van der Waals surface area (Å²) in [5, 5.41) is 0. The molecule has 0 aliphatic carbocycles. The van der Waals surface area contributed by atoms with Gasteiger partial charge in [0.05, 0.1) is 0 Å². The maximum Gasteiger partial charge on any atom is 0.306 e. The molecule has 0 heterocycles. The monoisotopic (exact) mass is 1010 g/mol. The lowest BCUT2D eigenvalue weighted by Gasteiger charge is -2.18. The quantitative estimate of drug-likeness (QED) is 0.0261. The minimum absolute atomic E-state index is 0.0809. The molecule has 0 fully saturated rings. The number of ether oxygens (including phenoxy) is 3. The zero-order chi connectivity index (χ0) is 52.9. The fourth-order valence-corrected chi connectivity index (χ4v) is 8.45. The zero-order valence-corrected chi connectivity index (χ0v) is 47.9. The maximum absolute atomic E-state index is 12.8. The highest BCUT2D eigenvalue weighted by Gasteiger charge is 2.19. The summed E-state index contributed by atoms with van der Waals surface area (Å²) >= 11 is 0. The van der Waals surface area contributed by atoms with Gasteiger partial charge >= 0.3 is 17.9 Å². The van der Waals surface area contributed by atoms with Gasteiger partial charge in [0.25, 0.3) is 0 Å². The SMILES string of the molecule is CC/C=C\C/C=C\C/C=C\C/C=C\C/C=C\C/C=C\CCCCCCCCCCCCCCCCCCC(=O)OCC(COC(=O)CCCCCCC/C=C\CCC)OC(=O)CCCCCCC/C=C\CCC. The van der Waals surface area contributed by atoms with Crippen molar-refractivity contribution >= 4 is 17.9 Å². The van der Waals surface area contributed by atoms with E-state index in [-0.39, 0.29) is 31.1 Å². The van der Waals surface area contributed by atoms with Crippen LogP contribution in [0.5, 0.6) is 0 Å². The van der Waals surface area contributed by atoms with Gasteiger partial charge in [-0.3, -0.25) is 14.4 Å². The second kappa shape index (κ2) is 60.9. The minimum atomic E-state index is -0.781. The summed E-state index contributed by atoms with van der Waals surface area (Å²) in [6.07, 6.45) is 81.6. The Morgan fingerprint density at radius 2 is 0.534 bits per heavy atom. The largest absolute Gasteiger partial charge is 0.462 e. The van der Waals surface area contributed by atoms with Crippen molar-refractivity contribution in [1.82, 2.24) is 0 Å². The Morgan fingerprint density at radius 3 is 0.849 bits per heavy atom. The van der Waals surface area contributed by atoms with E-state index in [1.807, 2.05) is 0 Å². The van der Waals surface area contributed by atoms with Gasteiger partial charge in [-0.25, -0.2) is 0 Å². The molecule has 0 saturated carbocycles. The molecule has 0 rings (SSSR count). The van der Waals surface area contributed by atoms with Crippen LogP contribution in [0.2, 0.25) is 0 Å². The van der Waals surface area contributed by atoms with Gasteiger partial charge in [0.1, 0.15) is 13.2 Å². The molecule has 0 spiro atoms. The van der Waals surface area contributed by atoms with Crippen LogP contribution in [-0.2, 0) is 28.6 Å². The lowest BCUT2D eigenvalue weighted by atomic mass is 10.0. The molecule has 0 aliphatic heterocycles. The van der Waals surface area contributed by atoms with Gasteiger partial charge in [-0.05, 0) is 109 Å². The molecule has 0 aliphatic rings. The normalized spacial score (nSPS) is 12.8. The van der Waals surface area contributed by atoms with Crippen LogP contribution in [0.3, 0.4) is 0 Å². The van der Waals surface area contributed by atoms with Crippen LogP contribution in [-0.4, -0.2) is 37.2 Å². The van der Waals surface area contributed by atoms with Gasteiger partial charge < -0.3 is 14.2 Å². The molecule has 0 N–H and O–H groups in total. The lowest BCUT2D eigenvalue weighted by molar-refractivity contribution is -0.167. The van der Waals surface area contributed by atoms with E-state index in [9.17, 15) is 14.4 Å². The molecule has 0 bridgehead atoms. The van der Waals surface area contributed by atoms with Crippen LogP contribution >= 0.6 is 0 Å². The van der Waals surface area contributed by atoms with Gasteiger partial charge in [0.2, 0.25) is 0 Å². The second-order valence-electron chi connectivity index (χ2n) is 20.2. The predicted octanol–water partition coefficient (Wildman–Crippen LogP) is 20.9. The Labute approximate surface area is 451 Å². The van der Waals surface area contributed by atoms with E-state index < -0.39 is 6.10 Å². The Hall–Kier alpha value is -3.67. The molecule has 1 atom stereocenters. The maximum atomic E-state index is 12.8. The third-order valence-corrected chi connectivity index (χ3v) is 13.0. The molecule has 0 radical (unpaired) electrons. The molecule has 6 nitrogen and oxygen atoms in total. The Bertz CT molecular complexity index is 1440. The minimum Gasteiger partial charge on any atom is -0.462 e. The molecule has 0 saturated heterocycles. The number of hydrogen-bond acceptors (Lipinski definition) is 6. The first kappa shape index (κ1) is 69.3. The first-order valence-electron chi connectivity index (χ1n) is 30.7. The first-order valence-corrected chi connectivity index (χ1v) is 30.7. The van der Waals surface area contributed by atoms with Gasteiger partial charge in [-0.15, -0.1) is 0 Å². The highest BCUT2D eigenvalue weighted by Crippen LogP contribution is 2.16. The summed E-state index contributed by atoms with van der Waals surface area (Å²) in [5.41, 5.74) is 0. The van der Waals surface area contributed by atoms with Crippen molar-refractivity contribution in [3.8, 4) is 0 Å². The highest BCUT2D eigenvalue weighted by atomic mass is 16.6. The van der Waals surface area contributed by atoms with Crippen molar-refractivity contribution in [3.63, 3.8) is 0 Å². The van der Waals surface area contributed by atoms with Gasteiger partial charge in [0, 0.05) is 19.3 Å². The van der Waals surface area contributed by atoms with E-state index in [0.29, 0.717) is 19.3 Å². The van der Waals surface area contributed by atoms with Crippen LogP contribution in [0.4, 0.5) is 0 Å². The summed E-state index contributed by atoms with van der Waals surface area (Å²) in [7, 11) is 0. The van der Waals surface area contributed by atoms with E-state index in [1.54, 1.807) is 0 Å². The van der Waals surface area contributed by atoms with Crippen molar-refractivity contribution in [1.29, 1.82) is 0 Å². The van der Waals surface area contributed by atoms with Crippen LogP contribution < -0.4 is 0 Å². The topological polar surface area (TPSA) is 78.9 Å². The molecule has 0 amide bonds. The molecule has 0 aromatic rings. The van der Waals surface area contributed by atoms with Gasteiger partial charge in [-0.1, -0.05) is 259 Å². The second-order valence-corrected chi connectivity index (χ2v) is 20.2. The number of allylic oxidation sites excluding steroid dienone is 16. The lowest BCUT2D eigenvalue weighted by Crippen LogP contribution is -2.30. The van der Waals surface area contributed by atoms with Crippen molar-refractivity contribution in [2.45, 2.75) is 297 Å². The molecular weight excluding hydrogens is 901 g/mol. The number of rotatable bonds is 55. The van der Waals surface area contributed by atoms with Gasteiger partial charge in [0.15, 0.2) is 6.10 Å². The fourth-order valence-electron chi connectivity index (χ4n) is 8.45. The third kappa shape index (κ3) is 59.1. The zero-order valence-electron chi connectivity index (χ0n) is 47.9. The Morgan fingerprint density at radius 1 is 0.288 bits per heavy atom. The molecule has 73 heavy (non-hydrogen) atoms. The Kier molecular flexibility index (Phi) is 57.8. The third-order valence-electron chi connectivity index (χ3n) is 13.0. The molecular formula is C67H114O6. The molecule has 0 aromatic heterocycles. The van der Waals surface area contributed by atoms with Crippen molar-refractivity contribution in [2.75, 3.05) is 13.2 Å². The van der Waals surface area contributed by atoms with E-state index in [0.717, 1.165) is 128 Å². The molecule has 6 heteroatoms. The van der Waals surface area contributed by atoms with Crippen LogP contribution in [0.25, 0.3) is 0 Å². The van der Waals surface area contributed by atoms with Crippen molar-refractivity contribution in [2.24, 2.45) is 0 Å². The molecule has 1 unspecified atom stereocenters. The van der Waals surface area contributed by atoms with Gasteiger partial charge in [-0.2, -0.15) is 0 Å². The van der Waals surface area contributed by atoms with E-state index in [1.165, 1.54) is 122 Å². The van der Waals surface area contributed by atoms with Crippen LogP contribution in [0.15, 0.2) is 97.2 Å². The number of esters is 3. The summed E-state index contributed by atoms with van der Waals surface area (Å²) in [5.74, 6) is -0.899.